The number of rotatable bonds is 13. The second kappa shape index (κ2) is 30.1. The Morgan fingerprint density at radius 1 is 0.590 bits per heavy atom. The first-order valence-electron chi connectivity index (χ1n) is 23.6. The number of halogens is 3. The number of likely N-dealkylation sites (tertiary alicyclic amines) is 2. The summed E-state index contributed by atoms with van der Waals surface area (Å²) in [7, 11) is -3.71. The molecule has 2 aliphatic heterocycles. The fraction of sp³-hybridized carbons (Fsp3) is 0.298. The van der Waals surface area contributed by atoms with Crippen molar-refractivity contribution < 1.29 is 51.8 Å². The number of fused-ring (bicyclic) bond motifs is 4. The quantitative estimate of drug-likeness (QED) is 0.0321. The lowest BCUT2D eigenvalue weighted by atomic mass is 10.3. The Morgan fingerprint density at radius 3 is 1.41 bits per heavy atom. The van der Waals surface area contributed by atoms with Gasteiger partial charge in [-0.25, -0.2) is 32.3 Å². The summed E-state index contributed by atoms with van der Waals surface area (Å²) in [5.74, 6) is 6.41. The van der Waals surface area contributed by atoms with Gasteiger partial charge in [-0.15, -0.1) is 51.9 Å². The SMILES string of the molecule is CS(=O)(=O)c1nn2ccccc2c1[N+](=O)[O-].CSc1nn2ccccc2c1[N+](=O)[O-].Cl.Cl.N[n+]1ccccc1.Nc1c(NCCN2CCCC2)nn2ccccc12.O=[N+]([O-])c1c(NCCN2CCCC2)nn2ccccc12.[I-]. The van der Waals surface area contributed by atoms with Crippen molar-refractivity contribution in [1.82, 2.24) is 48.3 Å². The molecule has 0 unspecified atom stereocenters. The molecule has 78 heavy (non-hydrogen) atoms. The van der Waals surface area contributed by atoms with Crippen molar-refractivity contribution in [2.45, 2.75) is 35.7 Å². The molecule has 9 aromatic heterocycles. The first-order valence-corrected chi connectivity index (χ1v) is 26.7. The number of pyridine rings is 5. The summed E-state index contributed by atoms with van der Waals surface area (Å²) >= 11 is 1.28. The average Bonchev–Trinajstić information content (AvgIpc) is 4.27. The molecule has 2 fully saturated rings. The summed E-state index contributed by atoms with van der Waals surface area (Å²) in [4.78, 5) is 36.2. The number of nitrogens with one attached hydrogen (secondary N) is 2. The average molecular weight is 1270 g/mol. The Labute approximate surface area is 481 Å². The molecule has 2 saturated heterocycles. The van der Waals surface area contributed by atoms with Crippen LogP contribution in [0.25, 0.3) is 22.1 Å². The van der Waals surface area contributed by atoms with Gasteiger partial charge in [0.2, 0.25) is 15.7 Å². The van der Waals surface area contributed by atoms with E-state index in [2.05, 4.69) is 40.8 Å². The summed E-state index contributed by atoms with van der Waals surface area (Å²) in [6, 6.07) is 26.7. The number of aromatic nitrogens is 9. The molecule has 6 N–H and O–H groups in total. The molecule has 9 aromatic rings. The maximum Gasteiger partial charge on any atom is 0.338 e. The van der Waals surface area contributed by atoms with E-state index in [1.807, 2.05) is 47.1 Å². The summed E-state index contributed by atoms with van der Waals surface area (Å²) in [5, 5.41) is 55.7. The Morgan fingerprint density at radius 2 is 0.987 bits per heavy atom. The van der Waals surface area contributed by atoms with Crippen LogP contribution >= 0.6 is 36.6 Å². The van der Waals surface area contributed by atoms with Crippen LogP contribution in [0.3, 0.4) is 0 Å². The van der Waals surface area contributed by atoms with Crippen LogP contribution in [0.1, 0.15) is 25.7 Å². The number of thioether (sulfide) groups is 1. The molecule has 0 radical (unpaired) electrons. The van der Waals surface area contributed by atoms with Crippen LogP contribution in [-0.4, -0.2) is 136 Å². The third-order valence-electron chi connectivity index (χ3n) is 11.7. The van der Waals surface area contributed by atoms with Gasteiger partial charge in [-0.3, -0.25) is 30.3 Å². The Hall–Kier alpha value is -7.16. The van der Waals surface area contributed by atoms with Gasteiger partial charge in [0.15, 0.2) is 23.2 Å². The number of nitrogen functional groups attached to an aromatic ring is 2. The summed E-state index contributed by atoms with van der Waals surface area (Å²) in [5.41, 5.74) is 8.62. The smallest absolute Gasteiger partial charge is 0.338 e. The molecular weight excluding hydrogens is 1210 g/mol. The van der Waals surface area contributed by atoms with E-state index in [9.17, 15) is 38.8 Å². The molecule has 11 rings (SSSR count). The highest BCUT2D eigenvalue weighted by Crippen LogP contribution is 2.31. The predicted octanol–water partition coefficient (Wildman–Crippen LogP) is 3.32. The summed E-state index contributed by atoms with van der Waals surface area (Å²) in [6.07, 6.45) is 18.1. The van der Waals surface area contributed by atoms with Gasteiger partial charge in [0, 0.05) is 69.4 Å². The number of sulfone groups is 1. The van der Waals surface area contributed by atoms with E-state index >= 15 is 0 Å². The standard InChI is InChI=1S/C13H17N5O2.C13H19N5.C8H7N3O4S.C8H7N3O2S.C5H7N2.2ClH.HI/c19-18(20)12-11-5-1-2-9-17(11)15-13(12)14-6-10-16-7-3-4-8-16;14-12-11-5-1-2-9-18(11)16-13(12)15-6-10-17-7-3-4-8-17;1-16(14,15)8-7(11(12)13)6-4-2-3-5-10(6)9-8;1-14-8-7(11(12)13)6-4-2-3-5-10(6)9-8;6-7-4-2-1-3-5-7;;;/h1-2,5,9H,3-4,6-8,10H2,(H,14,15);1-2,5,9H,3-4,6-8,10,14H2,(H,15,16);2-5H,1H3;2-5H,1H3;1-5H,6H2;3*1H/q;;;;+1;;;/p-1. The van der Waals surface area contributed by atoms with E-state index in [0.29, 0.717) is 28.4 Å². The van der Waals surface area contributed by atoms with Gasteiger partial charge in [-0.1, -0.05) is 35.0 Å². The first-order chi connectivity index (χ1) is 36.1. The second-order valence-corrected chi connectivity index (χ2v) is 19.6. The van der Waals surface area contributed by atoms with Crippen LogP contribution in [0.2, 0.25) is 0 Å². The summed E-state index contributed by atoms with van der Waals surface area (Å²) < 4.78 is 30.2. The molecule has 0 spiro atoms. The highest BCUT2D eigenvalue weighted by molar-refractivity contribution is 7.98. The fourth-order valence-corrected chi connectivity index (χ4v) is 9.49. The van der Waals surface area contributed by atoms with Gasteiger partial charge in [0.25, 0.3) is 5.03 Å². The number of hydrogen-bond donors (Lipinski definition) is 4. The molecule has 31 heteroatoms. The number of anilines is 3. The van der Waals surface area contributed by atoms with Crippen LogP contribution in [0, 0.1) is 30.3 Å². The van der Waals surface area contributed by atoms with Crippen molar-refractivity contribution in [2.24, 2.45) is 0 Å². The highest BCUT2D eigenvalue weighted by Gasteiger charge is 2.30. The molecule has 0 aromatic carbocycles. The third-order valence-corrected chi connectivity index (χ3v) is 13.4. The van der Waals surface area contributed by atoms with E-state index in [0.717, 1.165) is 56.0 Å². The second-order valence-electron chi connectivity index (χ2n) is 16.9. The summed E-state index contributed by atoms with van der Waals surface area (Å²) in [6.45, 7) is 8.21. The topological polar surface area (TPSA) is 319 Å². The van der Waals surface area contributed by atoms with Crippen LogP contribution in [0.5, 0.6) is 0 Å². The van der Waals surface area contributed by atoms with Crippen molar-refractivity contribution in [3.05, 3.63) is 159 Å². The first kappa shape index (κ1) is 63.4. The lowest BCUT2D eigenvalue weighted by Crippen LogP contribution is -3.00. The van der Waals surface area contributed by atoms with Gasteiger partial charge >= 0.3 is 17.1 Å². The predicted molar refractivity (Wildman–Crippen MR) is 300 cm³/mol. The molecule has 0 aliphatic carbocycles. The van der Waals surface area contributed by atoms with Crippen LogP contribution in [-0.2, 0) is 9.84 Å². The number of nitrogens with two attached hydrogens (primary N) is 2. The monoisotopic (exact) mass is 1260 g/mol. The van der Waals surface area contributed by atoms with Gasteiger partial charge in [-0.05, 0) is 107 Å². The van der Waals surface area contributed by atoms with E-state index in [-0.39, 0.29) is 70.6 Å². The minimum atomic E-state index is -3.71. The van der Waals surface area contributed by atoms with Crippen molar-refractivity contribution in [3.63, 3.8) is 0 Å². The van der Waals surface area contributed by atoms with E-state index in [1.54, 1.807) is 79.6 Å². The minimum absolute atomic E-state index is 0. The zero-order valence-corrected chi connectivity index (χ0v) is 47.7. The molecule has 418 valence electrons. The van der Waals surface area contributed by atoms with E-state index in [4.69, 9.17) is 11.6 Å². The highest BCUT2D eigenvalue weighted by atomic mass is 127. The van der Waals surface area contributed by atoms with Crippen molar-refractivity contribution in [3.8, 4) is 0 Å². The zero-order chi connectivity index (χ0) is 53.5. The minimum Gasteiger partial charge on any atom is -1.00 e. The van der Waals surface area contributed by atoms with Crippen LogP contribution < -0.4 is 50.9 Å². The molecule has 0 amide bonds. The van der Waals surface area contributed by atoms with Gasteiger partial charge in [-0.2, -0.15) is 5.10 Å². The Balaban J connectivity index is 0.000000214. The van der Waals surface area contributed by atoms with Gasteiger partial charge < -0.3 is 50.1 Å². The molecule has 11 heterocycles. The van der Waals surface area contributed by atoms with Crippen LogP contribution in [0.15, 0.2) is 138 Å². The molecule has 26 nitrogen and oxygen atoms in total. The Bertz CT molecular complexity index is 3500. The van der Waals surface area contributed by atoms with E-state index in [1.165, 1.54) is 81.0 Å². The maximum absolute atomic E-state index is 11.3. The van der Waals surface area contributed by atoms with Crippen LogP contribution in [0.4, 0.5) is 34.4 Å². The number of hydrogen-bond acceptors (Lipinski definition) is 19. The van der Waals surface area contributed by atoms with Crippen molar-refractivity contribution in [1.29, 1.82) is 0 Å². The third kappa shape index (κ3) is 16.4. The van der Waals surface area contributed by atoms with Gasteiger partial charge in [0.1, 0.15) is 22.2 Å². The largest absolute Gasteiger partial charge is 1.00 e. The molecular formula is C47H59Cl2IN18O8S2. The number of nitro groups is 3. The van der Waals surface area contributed by atoms with Crippen molar-refractivity contribution in [2.75, 3.05) is 87.1 Å². The molecule has 0 bridgehead atoms. The van der Waals surface area contributed by atoms with E-state index < -0.39 is 30.4 Å². The normalized spacial score (nSPS) is 12.9. The maximum atomic E-state index is 11.3. The number of nitrogens with zero attached hydrogens (tertiary/aromatic N) is 14. The lowest BCUT2D eigenvalue weighted by molar-refractivity contribution is -0.638. The molecule has 0 atom stereocenters. The Kier molecular flexibility index (Phi) is 24.5. The lowest BCUT2D eigenvalue weighted by Gasteiger charge is -2.14. The molecule has 2 aliphatic rings. The molecule has 0 saturated carbocycles. The van der Waals surface area contributed by atoms with Crippen molar-refractivity contribution >= 4 is 103 Å². The fourth-order valence-electron chi connectivity index (χ4n) is 8.18. The zero-order valence-electron chi connectivity index (χ0n) is 42.3. The van der Waals surface area contributed by atoms with Gasteiger partial charge in [0.05, 0.1) is 20.3 Å².